The third-order valence-corrected chi connectivity index (χ3v) is 4.78. The molecule has 4 rings (SSSR count). The molecular formula is C21H16F3N7. The Morgan fingerprint density at radius 1 is 0.839 bits per heavy atom. The highest BCUT2D eigenvalue weighted by molar-refractivity contribution is 5.40. The highest BCUT2D eigenvalue weighted by atomic mass is 19.4. The van der Waals surface area contributed by atoms with Crippen LogP contribution in [-0.4, -0.2) is 29.5 Å². The number of nitrogens with zero attached hydrogens (tertiary/aromatic N) is 7. The van der Waals surface area contributed by atoms with Crippen LogP contribution in [0.15, 0.2) is 61.2 Å². The summed E-state index contributed by atoms with van der Waals surface area (Å²) in [5.74, 6) is 0.782. The van der Waals surface area contributed by atoms with E-state index in [0.717, 1.165) is 12.1 Å². The Labute approximate surface area is 175 Å². The van der Waals surface area contributed by atoms with Gasteiger partial charge in [0.15, 0.2) is 11.6 Å². The molecule has 0 fully saturated rings. The minimum Gasteiger partial charge on any atom is -0.221 e. The summed E-state index contributed by atoms with van der Waals surface area (Å²) in [5.41, 5.74) is -0.158. The van der Waals surface area contributed by atoms with Gasteiger partial charge >= 0.3 is 6.18 Å². The molecule has 0 spiro atoms. The summed E-state index contributed by atoms with van der Waals surface area (Å²) in [6, 6.07) is 13.9. The number of benzene rings is 2. The molecule has 0 radical (unpaired) electrons. The van der Waals surface area contributed by atoms with Gasteiger partial charge in [0.2, 0.25) is 0 Å². The van der Waals surface area contributed by atoms with E-state index >= 15 is 0 Å². The second kappa shape index (κ2) is 7.36. The Morgan fingerprint density at radius 2 is 1.39 bits per heavy atom. The first-order valence-electron chi connectivity index (χ1n) is 9.21. The third-order valence-electron chi connectivity index (χ3n) is 4.78. The summed E-state index contributed by atoms with van der Waals surface area (Å²) in [4.78, 5) is 8.64. The molecule has 2 heterocycles. The summed E-state index contributed by atoms with van der Waals surface area (Å²) in [6.45, 7) is 3.65. The molecule has 7 nitrogen and oxygen atoms in total. The molecule has 0 atom stereocenters. The molecule has 0 saturated carbocycles. The van der Waals surface area contributed by atoms with E-state index in [0.29, 0.717) is 22.9 Å². The molecule has 0 N–H and O–H groups in total. The van der Waals surface area contributed by atoms with Crippen LogP contribution in [0.2, 0.25) is 0 Å². The van der Waals surface area contributed by atoms with Gasteiger partial charge in [-0.05, 0) is 50.2 Å². The first kappa shape index (κ1) is 20.3. The van der Waals surface area contributed by atoms with Gasteiger partial charge in [0.05, 0.1) is 34.0 Å². The van der Waals surface area contributed by atoms with E-state index in [9.17, 15) is 13.2 Å². The van der Waals surface area contributed by atoms with Crippen molar-refractivity contribution in [2.24, 2.45) is 0 Å². The maximum absolute atomic E-state index is 13.0. The third kappa shape index (κ3) is 3.90. The molecule has 0 bridgehead atoms. The topological polar surface area (TPSA) is 85.2 Å². The highest BCUT2D eigenvalue weighted by Gasteiger charge is 2.33. The Kier molecular flexibility index (Phi) is 4.81. The van der Waals surface area contributed by atoms with E-state index in [-0.39, 0.29) is 5.69 Å². The number of halogens is 3. The predicted molar refractivity (Wildman–Crippen MR) is 105 cm³/mol. The summed E-state index contributed by atoms with van der Waals surface area (Å²) < 4.78 is 41.9. The lowest BCUT2D eigenvalue weighted by Crippen LogP contribution is -2.23. The summed E-state index contributed by atoms with van der Waals surface area (Å²) >= 11 is 0. The van der Waals surface area contributed by atoms with Crippen molar-refractivity contribution in [1.82, 2.24) is 29.5 Å². The van der Waals surface area contributed by atoms with Crippen molar-refractivity contribution in [3.63, 3.8) is 0 Å². The summed E-state index contributed by atoms with van der Waals surface area (Å²) in [5, 5.41) is 17.9. The number of hydrogen-bond acceptors (Lipinski definition) is 5. The molecule has 0 amide bonds. The highest BCUT2D eigenvalue weighted by Crippen LogP contribution is 2.31. The minimum atomic E-state index is -4.45. The summed E-state index contributed by atoms with van der Waals surface area (Å²) in [6.07, 6.45) is -1.56. The van der Waals surface area contributed by atoms with Crippen molar-refractivity contribution in [3.05, 3.63) is 84.0 Å². The second-order valence-corrected chi connectivity index (χ2v) is 7.36. The monoisotopic (exact) mass is 423 g/mol. The van der Waals surface area contributed by atoms with Gasteiger partial charge < -0.3 is 0 Å². The molecule has 0 unspecified atom stereocenters. The normalized spacial score (nSPS) is 12.0. The minimum absolute atomic E-state index is 0.246. The van der Waals surface area contributed by atoms with E-state index in [1.54, 1.807) is 28.9 Å². The van der Waals surface area contributed by atoms with E-state index in [1.807, 2.05) is 13.8 Å². The van der Waals surface area contributed by atoms with Crippen LogP contribution in [0, 0.1) is 11.3 Å². The fraction of sp³-hybridized carbons (Fsp3) is 0.190. The molecule has 156 valence electrons. The number of alkyl halides is 3. The number of rotatable bonds is 4. The second-order valence-electron chi connectivity index (χ2n) is 7.36. The zero-order valence-electron chi connectivity index (χ0n) is 16.5. The van der Waals surface area contributed by atoms with Crippen LogP contribution in [0.4, 0.5) is 13.2 Å². The smallest absolute Gasteiger partial charge is 0.221 e. The van der Waals surface area contributed by atoms with Gasteiger partial charge in [-0.15, -0.1) is 0 Å². The van der Waals surface area contributed by atoms with Crippen LogP contribution in [0.1, 0.15) is 36.6 Å². The van der Waals surface area contributed by atoms with Crippen molar-refractivity contribution >= 4 is 0 Å². The Bertz CT molecular complexity index is 1280. The zero-order valence-corrected chi connectivity index (χ0v) is 16.5. The van der Waals surface area contributed by atoms with Crippen LogP contribution in [0.3, 0.4) is 0 Å². The quantitative estimate of drug-likeness (QED) is 0.494. The maximum Gasteiger partial charge on any atom is 0.416 e. The molecule has 0 aliphatic rings. The van der Waals surface area contributed by atoms with Gasteiger partial charge in [0.25, 0.3) is 0 Å². The molecule has 0 aliphatic heterocycles. The van der Waals surface area contributed by atoms with Crippen LogP contribution < -0.4 is 0 Å². The van der Waals surface area contributed by atoms with Crippen molar-refractivity contribution in [1.29, 1.82) is 5.26 Å². The largest absolute Gasteiger partial charge is 0.416 e. The number of nitriles is 1. The predicted octanol–water partition coefficient (Wildman–Crippen LogP) is 4.06. The van der Waals surface area contributed by atoms with Gasteiger partial charge in [-0.25, -0.2) is 19.3 Å². The van der Waals surface area contributed by atoms with Crippen LogP contribution in [0.25, 0.3) is 11.4 Å². The van der Waals surface area contributed by atoms with Gasteiger partial charge in [-0.2, -0.15) is 28.6 Å². The van der Waals surface area contributed by atoms with Gasteiger partial charge in [0, 0.05) is 0 Å². The molecule has 2 aromatic heterocycles. The summed E-state index contributed by atoms with van der Waals surface area (Å²) in [7, 11) is 0. The first-order valence-corrected chi connectivity index (χ1v) is 9.21. The lowest BCUT2D eigenvalue weighted by atomic mass is 9.92. The molecule has 4 aromatic rings. The van der Waals surface area contributed by atoms with Crippen LogP contribution in [-0.2, 0) is 11.6 Å². The van der Waals surface area contributed by atoms with Crippen molar-refractivity contribution in [3.8, 4) is 17.4 Å². The lowest BCUT2D eigenvalue weighted by molar-refractivity contribution is -0.137. The van der Waals surface area contributed by atoms with Crippen molar-refractivity contribution < 1.29 is 13.2 Å². The van der Waals surface area contributed by atoms with Gasteiger partial charge in [-0.3, -0.25) is 0 Å². The lowest BCUT2D eigenvalue weighted by Gasteiger charge is -2.16. The van der Waals surface area contributed by atoms with E-state index in [1.165, 1.54) is 29.5 Å². The molecular weight excluding hydrogens is 407 g/mol. The SMILES string of the molecule is CC(C)(c1ncn(-c2cccc(C#N)c2)n1)c1ncn(-c2cccc(C(F)(F)F)c2)n1. The van der Waals surface area contributed by atoms with E-state index in [4.69, 9.17) is 5.26 Å². The van der Waals surface area contributed by atoms with E-state index < -0.39 is 17.2 Å². The molecule has 31 heavy (non-hydrogen) atoms. The Balaban J connectivity index is 1.65. The average Bonchev–Trinajstić information content (AvgIpc) is 3.44. The van der Waals surface area contributed by atoms with Crippen molar-refractivity contribution in [2.45, 2.75) is 25.4 Å². The standard InChI is InChI=1S/C21H16F3N7/c1-20(2,18-26-12-30(28-18)16-7-3-5-14(9-16)11-25)19-27-13-31(29-19)17-8-4-6-15(10-17)21(22,23)24/h3-10,12-13H,1-2H3. The van der Waals surface area contributed by atoms with Crippen LogP contribution >= 0.6 is 0 Å². The van der Waals surface area contributed by atoms with Crippen molar-refractivity contribution in [2.75, 3.05) is 0 Å². The van der Waals surface area contributed by atoms with Gasteiger partial charge in [-0.1, -0.05) is 12.1 Å². The van der Waals surface area contributed by atoms with Gasteiger partial charge in [0.1, 0.15) is 12.7 Å². The Morgan fingerprint density at radius 3 is 1.94 bits per heavy atom. The number of hydrogen-bond donors (Lipinski definition) is 0. The molecule has 10 heteroatoms. The molecule has 2 aromatic carbocycles. The maximum atomic E-state index is 13.0. The number of aromatic nitrogens is 6. The fourth-order valence-electron chi connectivity index (χ4n) is 2.99. The first-order chi connectivity index (χ1) is 14.7. The van der Waals surface area contributed by atoms with E-state index in [2.05, 4.69) is 26.2 Å². The zero-order chi connectivity index (χ0) is 22.2. The fourth-order valence-corrected chi connectivity index (χ4v) is 2.99. The van der Waals surface area contributed by atoms with Crippen LogP contribution in [0.5, 0.6) is 0 Å². The average molecular weight is 423 g/mol. The Hall–Kier alpha value is -4.00. The molecule has 0 aliphatic carbocycles. The molecule has 0 saturated heterocycles.